The molecular formula is C25H38. The number of rotatable bonds is 5. The molecule has 3 rings (SSSR count). The largest absolute Gasteiger partial charge is 0.0758 e. The Morgan fingerprint density at radius 2 is 1.40 bits per heavy atom. The Bertz CT molecular complexity index is 530. The highest BCUT2D eigenvalue weighted by Crippen LogP contribution is 2.44. The Morgan fingerprint density at radius 3 is 1.92 bits per heavy atom. The SMILES string of the molecule is CCCC1CCC(C2CCC(c3ccc(C=C(C)C)cc3)CC2)CC1. The van der Waals surface area contributed by atoms with Gasteiger partial charge < -0.3 is 0 Å². The van der Waals surface area contributed by atoms with E-state index in [-0.39, 0.29) is 0 Å². The van der Waals surface area contributed by atoms with Gasteiger partial charge >= 0.3 is 0 Å². The molecule has 0 heterocycles. The van der Waals surface area contributed by atoms with Gasteiger partial charge in [-0.3, -0.25) is 0 Å². The van der Waals surface area contributed by atoms with Gasteiger partial charge in [0.25, 0.3) is 0 Å². The highest BCUT2D eigenvalue weighted by molar-refractivity contribution is 5.52. The van der Waals surface area contributed by atoms with Crippen molar-refractivity contribution in [3.63, 3.8) is 0 Å². The third-order valence-electron chi connectivity index (χ3n) is 6.89. The minimum absolute atomic E-state index is 0.813. The molecule has 2 aliphatic carbocycles. The zero-order valence-electron chi connectivity index (χ0n) is 16.8. The normalized spacial score (nSPS) is 30.0. The van der Waals surface area contributed by atoms with Crippen molar-refractivity contribution in [2.75, 3.05) is 0 Å². The molecule has 0 N–H and O–H groups in total. The fourth-order valence-electron chi connectivity index (χ4n) is 5.48. The highest BCUT2D eigenvalue weighted by Gasteiger charge is 2.30. The van der Waals surface area contributed by atoms with Gasteiger partial charge in [0.2, 0.25) is 0 Å². The second kappa shape index (κ2) is 9.06. The van der Waals surface area contributed by atoms with Crippen LogP contribution in [0.2, 0.25) is 0 Å². The first kappa shape index (κ1) is 18.7. The Hall–Kier alpha value is -1.04. The van der Waals surface area contributed by atoms with Gasteiger partial charge in [0, 0.05) is 0 Å². The molecule has 0 atom stereocenters. The van der Waals surface area contributed by atoms with Gasteiger partial charge in [-0.05, 0) is 87.2 Å². The predicted molar refractivity (Wildman–Crippen MR) is 111 cm³/mol. The van der Waals surface area contributed by atoms with Crippen LogP contribution in [0.1, 0.15) is 102 Å². The second-order valence-corrected chi connectivity index (χ2v) is 9.07. The molecule has 0 saturated heterocycles. The van der Waals surface area contributed by atoms with E-state index >= 15 is 0 Å². The summed E-state index contributed by atoms with van der Waals surface area (Å²) in [6.45, 7) is 6.69. The number of hydrogen-bond donors (Lipinski definition) is 0. The summed E-state index contributed by atoms with van der Waals surface area (Å²) < 4.78 is 0. The van der Waals surface area contributed by atoms with Crippen LogP contribution >= 0.6 is 0 Å². The van der Waals surface area contributed by atoms with E-state index in [1.165, 1.54) is 75.3 Å². The van der Waals surface area contributed by atoms with Gasteiger partial charge in [-0.15, -0.1) is 0 Å². The van der Waals surface area contributed by atoms with Gasteiger partial charge in [-0.1, -0.05) is 68.5 Å². The van der Waals surface area contributed by atoms with Crippen molar-refractivity contribution in [2.45, 2.75) is 90.9 Å². The van der Waals surface area contributed by atoms with E-state index in [0.29, 0.717) is 0 Å². The molecule has 0 heteroatoms. The molecule has 0 spiro atoms. The summed E-state index contributed by atoms with van der Waals surface area (Å²) in [6.07, 6.45) is 17.0. The lowest BCUT2D eigenvalue weighted by molar-refractivity contribution is 0.156. The monoisotopic (exact) mass is 338 g/mol. The Kier molecular flexibility index (Phi) is 6.79. The van der Waals surface area contributed by atoms with Crippen molar-refractivity contribution >= 4 is 6.08 Å². The molecule has 0 aromatic heterocycles. The van der Waals surface area contributed by atoms with Gasteiger partial charge in [-0.25, -0.2) is 0 Å². The van der Waals surface area contributed by atoms with Crippen molar-refractivity contribution in [2.24, 2.45) is 17.8 Å². The van der Waals surface area contributed by atoms with Crippen LogP contribution < -0.4 is 0 Å². The van der Waals surface area contributed by atoms with Crippen LogP contribution in [-0.2, 0) is 0 Å². The Labute approximate surface area is 156 Å². The van der Waals surface area contributed by atoms with Crippen molar-refractivity contribution in [3.8, 4) is 0 Å². The fraction of sp³-hybridized carbons (Fsp3) is 0.680. The topological polar surface area (TPSA) is 0 Å². The Morgan fingerprint density at radius 1 is 0.840 bits per heavy atom. The van der Waals surface area contributed by atoms with Crippen LogP contribution in [0.5, 0.6) is 0 Å². The zero-order chi connectivity index (χ0) is 17.6. The lowest BCUT2D eigenvalue weighted by Gasteiger charge is -2.38. The van der Waals surface area contributed by atoms with E-state index < -0.39 is 0 Å². The third kappa shape index (κ3) is 5.22. The third-order valence-corrected chi connectivity index (χ3v) is 6.89. The van der Waals surface area contributed by atoms with Gasteiger partial charge in [0.1, 0.15) is 0 Å². The molecule has 0 aliphatic heterocycles. The maximum Gasteiger partial charge on any atom is -0.0162 e. The van der Waals surface area contributed by atoms with E-state index in [0.717, 1.165) is 23.7 Å². The molecule has 1 aromatic rings. The van der Waals surface area contributed by atoms with E-state index in [1.807, 2.05) is 0 Å². The molecule has 2 fully saturated rings. The molecule has 0 amide bonds. The zero-order valence-corrected chi connectivity index (χ0v) is 16.8. The highest BCUT2D eigenvalue weighted by atomic mass is 14.4. The number of hydrogen-bond acceptors (Lipinski definition) is 0. The quantitative estimate of drug-likeness (QED) is 0.510. The molecule has 2 saturated carbocycles. The van der Waals surface area contributed by atoms with Crippen LogP contribution in [-0.4, -0.2) is 0 Å². The standard InChI is InChI=1S/C25H38/c1-4-5-20-6-10-22(11-7-20)24-14-16-25(17-15-24)23-12-8-21(9-13-23)18-19(2)3/h8-9,12-13,18,20,22,24-25H,4-7,10-11,14-17H2,1-3H3. The molecule has 138 valence electrons. The van der Waals surface area contributed by atoms with Gasteiger partial charge in [0.15, 0.2) is 0 Å². The van der Waals surface area contributed by atoms with Crippen molar-refractivity contribution < 1.29 is 0 Å². The summed E-state index contributed by atoms with van der Waals surface area (Å²) in [6, 6.07) is 9.39. The minimum Gasteiger partial charge on any atom is -0.0758 e. The molecule has 0 radical (unpaired) electrons. The first-order valence-electron chi connectivity index (χ1n) is 10.9. The van der Waals surface area contributed by atoms with Crippen LogP contribution in [0.25, 0.3) is 6.08 Å². The lowest BCUT2D eigenvalue weighted by Crippen LogP contribution is -2.25. The van der Waals surface area contributed by atoms with Gasteiger partial charge in [0.05, 0.1) is 0 Å². The van der Waals surface area contributed by atoms with E-state index in [1.54, 1.807) is 5.56 Å². The molecule has 0 nitrogen and oxygen atoms in total. The van der Waals surface area contributed by atoms with Crippen LogP contribution in [0.15, 0.2) is 29.8 Å². The smallest absolute Gasteiger partial charge is 0.0162 e. The first-order valence-corrected chi connectivity index (χ1v) is 10.9. The summed E-state index contributed by atoms with van der Waals surface area (Å²) in [5.41, 5.74) is 4.30. The lowest BCUT2D eigenvalue weighted by atomic mass is 9.68. The summed E-state index contributed by atoms with van der Waals surface area (Å²) >= 11 is 0. The van der Waals surface area contributed by atoms with Crippen LogP contribution in [0.4, 0.5) is 0 Å². The summed E-state index contributed by atoms with van der Waals surface area (Å²) in [5, 5.41) is 0. The van der Waals surface area contributed by atoms with Crippen molar-refractivity contribution in [3.05, 3.63) is 41.0 Å². The van der Waals surface area contributed by atoms with Crippen LogP contribution in [0.3, 0.4) is 0 Å². The van der Waals surface area contributed by atoms with Crippen molar-refractivity contribution in [1.82, 2.24) is 0 Å². The van der Waals surface area contributed by atoms with Gasteiger partial charge in [-0.2, -0.15) is 0 Å². The van der Waals surface area contributed by atoms with Crippen molar-refractivity contribution in [1.29, 1.82) is 0 Å². The summed E-state index contributed by atoms with van der Waals surface area (Å²) in [5.74, 6) is 3.95. The maximum atomic E-state index is 2.38. The molecule has 0 unspecified atom stereocenters. The molecule has 0 bridgehead atoms. The van der Waals surface area contributed by atoms with E-state index in [2.05, 4.69) is 51.1 Å². The number of allylic oxidation sites excluding steroid dienone is 1. The molecule has 2 aliphatic rings. The average Bonchev–Trinajstić information content (AvgIpc) is 2.63. The summed E-state index contributed by atoms with van der Waals surface area (Å²) in [7, 11) is 0. The summed E-state index contributed by atoms with van der Waals surface area (Å²) in [4.78, 5) is 0. The predicted octanol–water partition coefficient (Wildman–Crippen LogP) is 7.99. The molecular weight excluding hydrogens is 300 g/mol. The number of benzene rings is 1. The average molecular weight is 339 g/mol. The fourth-order valence-corrected chi connectivity index (χ4v) is 5.48. The van der Waals surface area contributed by atoms with E-state index in [9.17, 15) is 0 Å². The van der Waals surface area contributed by atoms with E-state index in [4.69, 9.17) is 0 Å². The minimum atomic E-state index is 0.813. The second-order valence-electron chi connectivity index (χ2n) is 9.07. The molecule has 1 aromatic carbocycles. The Balaban J connectivity index is 1.48. The first-order chi connectivity index (χ1) is 12.2. The maximum absolute atomic E-state index is 2.38. The molecule has 25 heavy (non-hydrogen) atoms. The van der Waals surface area contributed by atoms with Crippen LogP contribution in [0, 0.1) is 17.8 Å².